The molecule has 198 valence electrons. The molecular formula is C38H26N4. The molecule has 0 bridgehead atoms. The molecule has 0 atom stereocenters. The van der Waals surface area contributed by atoms with Gasteiger partial charge in [0.15, 0.2) is 0 Å². The molecule has 1 aliphatic heterocycles. The van der Waals surface area contributed by atoms with Crippen LogP contribution in [0.25, 0.3) is 43.2 Å². The first-order valence-corrected chi connectivity index (χ1v) is 14.5. The first kappa shape index (κ1) is 23.2. The summed E-state index contributed by atoms with van der Waals surface area (Å²) in [6.45, 7) is 0.997. The Morgan fingerprint density at radius 3 is 2.26 bits per heavy atom. The average Bonchev–Trinajstić information content (AvgIpc) is 3.49. The first-order chi connectivity index (χ1) is 20.8. The molecule has 0 amide bonds. The summed E-state index contributed by atoms with van der Waals surface area (Å²) in [6, 6.07) is 43.6. The zero-order valence-corrected chi connectivity index (χ0v) is 22.9. The molecule has 2 aromatic heterocycles. The van der Waals surface area contributed by atoms with Gasteiger partial charge in [-0.2, -0.15) is 0 Å². The number of benzene rings is 6. The third-order valence-electron chi connectivity index (χ3n) is 8.75. The Kier molecular flexibility index (Phi) is 4.99. The van der Waals surface area contributed by atoms with Gasteiger partial charge in [-0.1, -0.05) is 72.8 Å². The highest BCUT2D eigenvalue weighted by atomic mass is 15.2. The van der Waals surface area contributed by atoms with Crippen LogP contribution in [0, 0.1) is 0 Å². The number of pyridine rings is 2. The van der Waals surface area contributed by atoms with Crippen molar-refractivity contribution in [3.63, 3.8) is 0 Å². The highest BCUT2D eigenvalue weighted by molar-refractivity contribution is 6.28. The molecule has 1 aliphatic rings. The summed E-state index contributed by atoms with van der Waals surface area (Å²) in [5.74, 6) is 0.867. The van der Waals surface area contributed by atoms with E-state index in [-0.39, 0.29) is 0 Å². The highest BCUT2D eigenvalue weighted by Crippen LogP contribution is 2.46. The van der Waals surface area contributed by atoms with Crippen LogP contribution in [0.4, 0.5) is 28.6 Å². The lowest BCUT2D eigenvalue weighted by Gasteiger charge is -2.27. The number of rotatable bonds is 4. The molecule has 4 heteroatoms. The molecule has 0 radical (unpaired) electrons. The summed E-state index contributed by atoms with van der Waals surface area (Å²) in [5, 5.41) is 8.70. The molecule has 0 fully saturated rings. The summed E-state index contributed by atoms with van der Waals surface area (Å²) in [6.07, 6.45) is 4.80. The van der Waals surface area contributed by atoms with Crippen molar-refractivity contribution in [3.8, 4) is 0 Å². The van der Waals surface area contributed by atoms with Crippen LogP contribution in [0.3, 0.4) is 0 Å². The third-order valence-corrected chi connectivity index (χ3v) is 8.75. The van der Waals surface area contributed by atoms with Gasteiger partial charge in [0.1, 0.15) is 5.82 Å². The van der Waals surface area contributed by atoms with Crippen LogP contribution in [0.1, 0.15) is 5.56 Å². The van der Waals surface area contributed by atoms with Crippen LogP contribution in [0.5, 0.6) is 0 Å². The quantitative estimate of drug-likeness (QED) is 0.209. The van der Waals surface area contributed by atoms with E-state index in [9.17, 15) is 0 Å². The molecule has 0 unspecified atom stereocenters. The second kappa shape index (κ2) is 9.02. The van der Waals surface area contributed by atoms with Gasteiger partial charge < -0.3 is 4.90 Å². The van der Waals surface area contributed by atoms with Crippen LogP contribution >= 0.6 is 0 Å². The summed E-state index contributed by atoms with van der Waals surface area (Å²) in [7, 11) is 0. The van der Waals surface area contributed by atoms with Gasteiger partial charge in [0.2, 0.25) is 0 Å². The van der Waals surface area contributed by atoms with Crippen molar-refractivity contribution in [1.29, 1.82) is 0 Å². The van der Waals surface area contributed by atoms with Gasteiger partial charge in [-0.3, -0.25) is 9.88 Å². The number of hydrogen-bond donors (Lipinski definition) is 0. The van der Waals surface area contributed by atoms with Crippen molar-refractivity contribution in [2.75, 3.05) is 16.3 Å². The SMILES string of the molecule is c1cncc(N(c2ccc3ccccc3n2)c2ccc3ccc4c(N5CCc6ccccc65)ccc5ccc2c3c54)c1. The Labute approximate surface area is 243 Å². The number of nitrogens with zero attached hydrogens (tertiary/aromatic N) is 4. The van der Waals surface area contributed by atoms with Crippen molar-refractivity contribution >= 4 is 71.8 Å². The van der Waals surface area contributed by atoms with E-state index in [1.54, 1.807) is 0 Å². The van der Waals surface area contributed by atoms with Crippen molar-refractivity contribution < 1.29 is 0 Å². The molecule has 3 heterocycles. The first-order valence-electron chi connectivity index (χ1n) is 14.5. The van der Waals surface area contributed by atoms with Crippen LogP contribution in [0.15, 0.2) is 134 Å². The molecule has 0 aliphatic carbocycles. The van der Waals surface area contributed by atoms with E-state index >= 15 is 0 Å². The lowest BCUT2D eigenvalue weighted by molar-refractivity contribution is 1.00. The standard InChI is InChI=1S/C38H26N4/c1-3-9-32-25(6-1)15-20-36(40-32)42(29-8-5-22-39-24-29)35-19-14-28-11-16-30-34(41-23-21-26-7-2-4-10-33(26)41)18-13-27-12-17-31(35)38(28)37(27)30/h1-20,22,24H,21,23H2. The lowest BCUT2D eigenvalue weighted by Crippen LogP contribution is -2.14. The van der Waals surface area contributed by atoms with E-state index in [0.29, 0.717) is 0 Å². The summed E-state index contributed by atoms with van der Waals surface area (Å²) < 4.78 is 0. The molecule has 0 saturated heterocycles. The van der Waals surface area contributed by atoms with Crippen LogP contribution < -0.4 is 9.80 Å². The lowest BCUT2D eigenvalue weighted by atomic mass is 9.92. The number of fused-ring (bicyclic) bond motifs is 2. The van der Waals surface area contributed by atoms with E-state index in [1.165, 1.54) is 49.3 Å². The third kappa shape index (κ3) is 3.42. The van der Waals surface area contributed by atoms with Gasteiger partial charge >= 0.3 is 0 Å². The van der Waals surface area contributed by atoms with E-state index < -0.39 is 0 Å². The largest absolute Gasteiger partial charge is 0.340 e. The van der Waals surface area contributed by atoms with E-state index in [4.69, 9.17) is 4.98 Å². The summed E-state index contributed by atoms with van der Waals surface area (Å²) >= 11 is 0. The molecule has 0 N–H and O–H groups in total. The minimum atomic E-state index is 0.867. The van der Waals surface area contributed by atoms with E-state index in [0.717, 1.165) is 41.1 Å². The van der Waals surface area contributed by atoms with E-state index in [1.807, 2.05) is 24.5 Å². The fraction of sp³-hybridized carbons (Fsp3) is 0.0526. The van der Waals surface area contributed by atoms with E-state index in [2.05, 4.69) is 124 Å². The molecule has 0 spiro atoms. The molecule has 9 rings (SSSR count). The van der Waals surface area contributed by atoms with Crippen molar-refractivity contribution in [2.45, 2.75) is 6.42 Å². The van der Waals surface area contributed by atoms with Crippen molar-refractivity contribution in [2.24, 2.45) is 0 Å². The van der Waals surface area contributed by atoms with Gasteiger partial charge in [0.25, 0.3) is 0 Å². The number of hydrogen-bond acceptors (Lipinski definition) is 4. The maximum Gasteiger partial charge on any atom is 0.138 e. The smallest absolute Gasteiger partial charge is 0.138 e. The topological polar surface area (TPSA) is 32.3 Å². The minimum absolute atomic E-state index is 0.867. The number of para-hydroxylation sites is 2. The highest BCUT2D eigenvalue weighted by Gasteiger charge is 2.24. The van der Waals surface area contributed by atoms with Gasteiger partial charge in [-0.05, 0) is 82.1 Å². The Morgan fingerprint density at radius 2 is 1.36 bits per heavy atom. The zero-order valence-electron chi connectivity index (χ0n) is 22.9. The maximum absolute atomic E-state index is 5.12. The van der Waals surface area contributed by atoms with Gasteiger partial charge in [0, 0.05) is 40.3 Å². The normalized spacial score (nSPS) is 13.0. The number of aromatic nitrogens is 2. The minimum Gasteiger partial charge on any atom is -0.340 e. The zero-order chi connectivity index (χ0) is 27.6. The predicted octanol–water partition coefficient (Wildman–Crippen LogP) is 9.69. The Hall–Kier alpha value is -5.48. The van der Waals surface area contributed by atoms with Gasteiger partial charge in [-0.15, -0.1) is 0 Å². The van der Waals surface area contributed by atoms with Crippen LogP contribution in [0.2, 0.25) is 0 Å². The summed E-state index contributed by atoms with van der Waals surface area (Å²) in [4.78, 5) is 14.3. The molecular weight excluding hydrogens is 512 g/mol. The fourth-order valence-electron chi connectivity index (χ4n) is 6.85. The second-order valence-corrected chi connectivity index (χ2v) is 11.0. The molecule has 42 heavy (non-hydrogen) atoms. The molecule has 6 aromatic carbocycles. The molecule has 4 nitrogen and oxygen atoms in total. The van der Waals surface area contributed by atoms with Gasteiger partial charge in [0.05, 0.1) is 23.1 Å². The molecule has 0 saturated carbocycles. The van der Waals surface area contributed by atoms with Crippen LogP contribution in [-0.2, 0) is 6.42 Å². The second-order valence-electron chi connectivity index (χ2n) is 11.0. The van der Waals surface area contributed by atoms with Gasteiger partial charge in [-0.25, -0.2) is 4.98 Å². The fourth-order valence-corrected chi connectivity index (χ4v) is 6.85. The average molecular weight is 539 g/mol. The monoisotopic (exact) mass is 538 g/mol. The Balaban J connectivity index is 1.31. The molecule has 8 aromatic rings. The summed E-state index contributed by atoms with van der Waals surface area (Å²) in [5.41, 5.74) is 7.04. The van der Waals surface area contributed by atoms with Crippen molar-refractivity contribution in [1.82, 2.24) is 9.97 Å². The Morgan fingerprint density at radius 1 is 0.595 bits per heavy atom. The predicted molar refractivity (Wildman–Crippen MR) is 175 cm³/mol. The maximum atomic E-state index is 5.12. The van der Waals surface area contributed by atoms with Crippen molar-refractivity contribution in [3.05, 3.63) is 139 Å². The number of anilines is 5. The Bertz CT molecular complexity index is 2270. The van der Waals surface area contributed by atoms with Crippen LogP contribution in [-0.4, -0.2) is 16.5 Å².